The first-order valence-corrected chi connectivity index (χ1v) is 13.7. The molecule has 1 atom stereocenters. The molecule has 1 aliphatic rings. The lowest BCUT2D eigenvalue weighted by Gasteiger charge is -2.35. The number of hydrogen-bond donors (Lipinski definition) is 0. The fourth-order valence-corrected chi connectivity index (χ4v) is 5.89. The van der Waals surface area contributed by atoms with Gasteiger partial charge in [-0.15, -0.1) is 0 Å². The smallest absolute Gasteiger partial charge is 0.348 e. The molecule has 1 amide bonds. The van der Waals surface area contributed by atoms with Crippen molar-refractivity contribution in [1.82, 2.24) is 0 Å². The van der Waals surface area contributed by atoms with Crippen LogP contribution in [0.15, 0.2) is 71.6 Å². The Morgan fingerprint density at radius 2 is 1.77 bits per heavy atom. The minimum Gasteiger partial charge on any atom is -0.495 e. The average molecular weight is 555 g/mol. The topological polar surface area (TPSA) is 112 Å². The minimum absolute atomic E-state index is 0.0819. The van der Waals surface area contributed by atoms with E-state index in [1.165, 1.54) is 25.2 Å². The number of rotatable bonds is 9. The molecule has 0 saturated carbocycles. The number of sulfonamides is 1. The summed E-state index contributed by atoms with van der Waals surface area (Å²) in [6.45, 7) is 3.35. The van der Waals surface area contributed by atoms with Gasteiger partial charge in [0.15, 0.2) is 0 Å². The number of aryl methyl sites for hydroxylation is 1. The number of ether oxygens (including phenoxy) is 4. The van der Waals surface area contributed by atoms with E-state index >= 15 is 0 Å². The zero-order valence-electron chi connectivity index (χ0n) is 22.1. The maximum Gasteiger partial charge on any atom is 0.348 e. The Kier molecular flexibility index (Phi) is 8.29. The number of fused-ring (bicyclic) bond motifs is 1. The van der Waals surface area contributed by atoms with Gasteiger partial charge in [-0.2, -0.15) is 0 Å². The minimum atomic E-state index is -4.29. The predicted molar refractivity (Wildman–Crippen MR) is 145 cm³/mol. The van der Waals surface area contributed by atoms with Crippen molar-refractivity contribution in [1.29, 1.82) is 0 Å². The van der Waals surface area contributed by atoms with Gasteiger partial charge >= 0.3 is 5.97 Å². The molecule has 0 N–H and O–H groups in total. The average Bonchev–Trinajstić information content (AvgIpc) is 2.95. The van der Waals surface area contributed by atoms with Crippen LogP contribution in [0.1, 0.15) is 12.5 Å². The molecule has 206 valence electrons. The highest BCUT2D eigenvalue weighted by Gasteiger charge is 2.37. The molecule has 1 heterocycles. The van der Waals surface area contributed by atoms with Crippen LogP contribution in [0.25, 0.3) is 0 Å². The molecule has 11 heteroatoms. The van der Waals surface area contributed by atoms with E-state index in [1.807, 2.05) is 6.92 Å². The third-order valence-electron chi connectivity index (χ3n) is 6.14. The molecule has 39 heavy (non-hydrogen) atoms. The lowest BCUT2D eigenvalue weighted by molar-refractivity contribution is -0.148. The molecular weight excluding hydrogens is 524 g/mol. The summed E-state index contributed by atoms with van der Waals surface area (Å²) in [7, 11) is -1.68. The highest BCUT2D eigenvalue weighted by molar-refractivity contribution is 7.93. The molecule has 0 aliphatic carbocycles. The fraction of sp³-hybridized carbons (Fsp3) is 0.286. The van der Waals surface area contributed by atoms with Gasteiger partial charge in [-0.05, 0) is 67.9 Å². The Balaban J connectivity index is 1.77. The Morgan fingerprint density at radius 3 is 2.44 bits per heavy atom. The summed E-state index contributed by atoms with van der Waals surface area (Å²) < 4.78 is 50.7. The normalized spacial score (nSPS) is 14.6. The number of anilines is 2. The monoisotopic (exact) mass is 554 g/mol. The van der Waals surface area contributed by atoms with Crippen LogP contribution < -0.4 is 23.4 Å². The van der Waals surface area contributed by atoms with E-state index in [-0.39, 0.29) is 22.9 Å². The van der Waals surface area contributed by atoms with Crippen LogP contribution in [0.5, 0.6) is 17.2 Å². The molecular formula is C28H30N2O8S. The number of benzene rings is 3. The lowest BCUT2D eigenvalue weighted by atomic mass is 10.2. The highest BCUT2D eigenvalue weighted by Crippen LogP contribution is 2.35. The number of hydrogen-bond acceptors (Lipinski definition) is 8. The van der Waals surface area contributed by atoms with Gasteiger partial charge in [0.05, 0.1) is 38.7 Å². The van der Waals surface area contributed by atoms with Gasteiger partial charge in [0, 0.05) is 0 Å². The molecule has 4 rings (SSSR count). The van der Waals surface area contributed by atoms with Crippen LogP contribution in [-0.4, -0.2) is 60.3 Å². The molecule has 0 aromatic heterocycles. The standard InChI is InChI=1S/C28H30N2O8S/c1-5-37-21-13-11-20(12-14-21)30(39(33,34)26-16-19(2)10-15-24(26)35-3)18-27(31)29-17-25(28(32)36-4)38-23-9-7-6-8-22(23)29/h6-16,25H,5,17-18H2,1-4H3/t25-/m0/s1. The van der Waals surface area contributed by atoms with Crippen molar-refractivity contribution in [3.05, 3.63) is 72.3 Å². The first kappa shape index (κ1) is 27.8. The maximum absolute atomic E-state index is 14.1. The number of nitrogens with zero attached hydrogens (tertiary/aromatic N) is 2. The summed E-state index contributed by atoms with van der Waals surface area (Å²) in [6.07, 6.45) is -1.07. The summed E-state index contributed by atoms with van der Waals surface area (Å²) in [5, 5.41) is 0. The van der Waals surface area contributed by atoms with Crippen LogP contribution in [0, 0.1) is 6.92 Å². The summed E-state index contributed by atoms with van der Waals surface area (Å²) >= 11 is 0. The molecule has 1 aliphatic heterocycles. The van der Waals surface area contributed by atoms with Crippen molar-refractivity contribution in [3.63, 3.8) is 0 Å². The summed E-state index contributed by atoms with van der Waals surface area (Å²) in [6, 6.07) is 17.9. The van der Waals surface area contributed by atoms with Gasteiger partial charge in [0.25, 0.3) is 10.0 Å². The van der Waals surface area contributed by atoms with Gasteiger partial charge in [-0.3, -0.25) is 9.10 Å². The molecule has 0 fully saturated rings. The quantitative estimate of drug-likeness (QED) is 0.369. The van der Waals surface area contributed by atoms with Crippen molar-refractivity contribution in [2.24, 2.45) is 0 Å². The predicted octanol–water partition coefficient (Wildman–Crippen LogP) is 3.56. The van der Waals surface area contributed by atoms with E-state index in [0.717, 1.165) is 4.31 Å². The van der Waals surface area contributed by atoms with Crippen molar-refractivity contribution in [2.45, 2.75) is 24.8 Å². The first-order valence-electron chi connectivity index (χ1n) is 12.2. The third-order valence-corrected chi connectivity index (χ3v) is 7.94. The number of carbonyl (C=O) groups is 2. The second-order valence-electron chi connectivity index (χ2n) is 8.69. The molecule has 0 spiro atoms. The van der Waals surface area contributed by atoms with Crippen LogP contribution in [0.3, 0.4) is 0 Å². The second-order valence-corrected chi connectivity index (χ2v) is 10.5. The van der Waals surface area contributed by atoms with Gasteiger partial charge in [0.1, 0.15) is 28.7 Å². The van der Waals surface area contributed by atoms with Crippen LogP contribution in [0.4, 0.5) is 11.4 Å². The molecule has 0 bridgehead atoms. The van der Waals surface area contributed by atoms with Crippen molar-refractivity contribution < 1.29 is 37.0 Å². The van der Waals surface area contributed by atoms with E-state index < -0.39 is 34.5 Å². The SMILES string of the molecule is CCOc1ccc(N(CC(=O)N2C[C@@H](C(=O)OC)Oc3ccccc32)S(=O)(=O)c2cc(C)ccc2OC)cc1. The number of amides is 1. The van der Waals surface area contributed by atoms with Gasteiger partial charge in [-0.25, -0.2) is 13.2 Å². The van der Waals surface area contributed by atoms with Gasteiger partial charge < -0.3 is 23.8 Å². The largest absolute Gasteiger partial charge is 0.495 e. The molecule has 0 unspecified atom stereocenters. The Bertz CT molecular complexity index is 1460. The number of carbonyl (C=O) groups excluding carboxylic acids is 2. The Labute approximate surface area is 227 Å². The van der Waals surface area contributed by atoms with E-state index in [4.69, 9.17) is 18.9 Å². The summed E-state index contributed by atoms with van der Waals surface area (Å²) in [5.41, 5.74) is 1.37. The van der Waals surface area contributed by atoms with Crippen LogP contribution in [0.2, 0.25) is 0 Å². The highest BCUT2D eigenvalue weighted by atomic mass is 32.2. The van der Waals surface area contributed by atoms with Crippen molar-refractivity contribution >= 4 is 33.3 Å². The van der Waals surface area contributed by atoms with Crippen molar-refractivity contribution in [2.75, 3.05) is 43.1 Å². The number of esters is 1. The van der Waals surface area contributed by atoms with Crippen LogP contribution >= 0.6 is 0 Å². The molecule has 3 aromatic rings. The number of para-hydroxylation sites is 2. The van der Waals surface area contributed by atoms with E-state index in [9.17, 15) is 18.0 Å². The molecule has 0 saturated heterocycles. The Hall–Kier alpha value is -4.25. The van der Waals surface area contributed by atoms with Crippen molar-refractivity contribution in [3.8, 4) is 17.2 Å². The van der Waals surface area contributed by atoms with Crippen LogP contribution in [-0.2, 0) is 24.3 Å². The summed E-state index contributed by atoms with van der Waals surface area (Å²) in [5.74, 6) is -0.206. The van der Waals surface area contributed by atoms with Gasteiger partial charge in [-0.1, -0.05) is 18.2 Å². The third kappa shape index (κ3) is 5.78. The van der Waals surface area contributed by atoms with E-state index in [0.29, 0.717) is 29.4 Å². The molecule has 3 aromatic carbocycles. The molecule has 0 radical (unpaired) electrons. The van der Waals surface area contributed by atoms with E-state index in [1.54, 1.807) is 67.6 Å². The zero-order valence-corrected chi connectivity index (χ0v) is 22.9. The second kappa shape index (κ2) is 11.6. The zero-order chi connectivity index (χ0) is 28.2. The molecule has 10 nitrogen and oxygen atoms in total. The number of methoxy groups -OCH3 is 2. The Morgan fingerprint density at radius 1 is 1.05 bits per heavy atom. The van der Waals surface area contributed by atoms with E-state index in [2.05, 4.69) is 0 Å². The first-order chi connectivity index (χ1) is 18.7. The lowest BCUT2D eigenvalue weighted by Crippen LogP contribution is -2.51. The van der Waals surface area contributed by atoms with Gasteiger partial charge in [0.2, 0.25) is 12.0 Å². The fourth-order valence-electron chi connectivity index (χ4n) is 4.23. The maximum atomic E-state index is 14.1. The summed E-state index contributed by atoms with van der Waals surface area (Å²) in [4.78, 5) is 27.4.